The number of carbonyl (C=O) groups is 2. The van der Waals surface area contributed by atoms with Gasteiger partial charge in [0.2, 0.25) is 0 Å². The van der Waals surface area contributed by atoms with Gasteiger partial charge in [-0.3, -0.25) is 9.59 Å². The lowest BCUT2D eigenvalue weighted by molar-refractivity contribution is -0.147. The van der Waals surface area contributed by atoms with E-state index in [1.807, 2.05) is 37.3 Å². The van der Waals surface area contributed by atoms with Crippen LogP contribution in [-0.2, 0) is 20.7 Å². The number of nitrogen functional groups attached to an aromatic ring is 1. The number of aryl methyl sites for hydroxylation is 1. The maximum absolute atomic E-state index is 13.2. The molecule has 7 nitrogen and oxygen atoms in total. The molecule has 0 spiro atoms. The van der Waals surface area contributed by atoms with Crippen LogP contribution in [0.15, 0.2) is 48.5 Å². The third-order valence-corrected chi connectivity index (χ3v) is 5.47. The third kappa shape index (κ3) is 5.89. The van der Waals surface area contributed by atoms with Crippen LogP contribution in [0.5, 0.6) is 0 Å². The molecular formula is C23H21FN4O3S. The Kier molecular flexibility index (Phi) is 7.52. The highest BCUT2D eigenvalue weighted by atomic mass is 32.1. The number of aromatic nitrogens is 1. The maximum atomic E-state index is 13.2. The number of nitrogens with zero attached hydrogens (tertiary/aromatic N) is 3. The van der Waals surface area contributed by atoms with Gasteiger partial charge in [-0.15, -0.1) is 11.3 Å². The predicted octanol–water partition coefficient (Wildman–Crippen LogP) is 3.87. The Labute approximate surface area is 188 Å². The first-order chi connectivity index (χ1) is 15.4. The second-order valence-electron chi connectivity index (χ2n) is 6.96. The number of nitrogens with two attached hydrogens (primary N) is 1. The summed E-state index contributed by atoms with van der Waals surface area (Å²) >= 11 is 1.19. The number of benzene rings is 2. The normalized spacial score (nSPS) is 10.4. The molecule has 0 radical (unpaired) electrons. The number of rotatable bonds is 8. The molecule has 3 aromatic rings. The topological polar surface area (TPSA) is 109 Å². The van der Waals surface area contributed by atoms with Gasteiger partial charge >= 0.3 is 5.97 Å². The molecule has 0 saturated heterocycles. The third-order valence-electron chi connectivity index (χ3n) is 4.59. The highest BCUT2D eigenvalue weighted by Gasteiger charge is 2.20. The lowest BCUT2D eigenvalue weighted by Crippen LogP contribution is -2.35. The molecule has 0 unspecified atom stereocenters. The molecular weight excluding hydrogens is 431 g/mol. The van der Waals surface area contributed by atoms with E-state index in [0.29, 0.717) is 21.4 Å². The Balaban J connectivity index is 1.66. The van der Waals surface area contributed by atoms with Crippen molar-refractivity contribution in [2.24, 2.45) is 0 Å². The molecule has 9 heteroatoms. The summed E-state index contributed by atoms with van der Waals surface area (Å²) in [7, 11) is 0. The van der Waals surface area contributed by atoms with Crippen LogP contribution in [0.1, 0.15) is 16.9 Å². The fourth-order valence-corrected chi connectivity index (χ4v) is 3.85. The minimum absolute atomic E-state index is 0.0805. The number of esters is 1. The molecule has 0 aliphatic rings. The fourth-order valence-electron chi connectivity index (χ4n) is 3.01. The highest BCUT2D eigenvalue weighted by Crippen LogP contribution is 2.30. The number of nitriles is 1. The zero-order valence-electron chi connectivity index (χ0n) is 17.4. The number of hydrogen-bond acceptors (Lipinski definition) is 7. The number of thiazole rings is 1. The fraction of sp³-hybridized carbons (Fsp3) is 0.217. The van der Waals surface area contributed by atoms with E-state index in [9.17, 15) is 14.0 Å². The van der Waals surface area contributed by atoms with E-state index in [4.69, 9.17) is 15.7 Å². The summed E-state index contributed by atoms with van der Waals surface area (Å²) in [6.07, 6.45) is -0.00276. The molecule has 0 aliphatic carbocycles. The first-order valence-corrected chi connectivity index (χ1v) is 10.6. The molecule has 0 aliphatic heterocycles. The van der Waals surface area contributed by atoms with Gasteiger partial charge < -0.3 is 15.4 Å². The second-order valence-corrected chi connectivity index (χ2v) is 8.07. The SMILES string of the molecule is Cc1ccc(-c2nc(N)sc2CC(=O)OCC(=O)N(CCC#N)c2ccc(F)cc2)cc1. The molecule has 1 heterocycles. The Morgan fingerprint density at radius 3 is 2.53 bits per heavy atom. The zero-order valence-corrected chi connectivity index (χ0v) is 18.2. The average molecular weight is 453 g/mol. The second kappa shape index (κ2) is 10.5. The van der Waals surface area contributed by atoms with Gasteiger partial charge in [0.25, 0.3) is 5.91 Å². The van der Waals surface area contributed by atoms with E-state index in [-0.39, 0.29) is 19.4 Å². The van der Waals surface area contributed by atoms with Crippen molar-refractivity contribution in [3.05, 3.63) is 64.8 Å². The van der Waals surface area contributed by atoms with Gasteiger partial charge in [-0.1, -0.05) is 29.8 Å². The molecule has 1 aromatic heterocycles. The van der Waals surface area contributed by atoms with Crippen molar-refractivity contribution in [3.63, 3.8) is 0 Å². The molecule has 0 bridgehead atoms. The summed E-state index contributed by atoms with van der Waals surface area (Å²) in [5, 5.41) is 9.19. The van der Waals surface area contributed by atoms with Crippen molar-refractivity contribution in [3.8, 4) is 17.3 Å². The van der Waals surface area contributed by atoms with Gasteiger partial charge in [0, 0.05) is 22.7 Å². The van der Waals surface area contributed by atoms with Crippen LogP contribution in [0.25, 0.3) is 11.3 Å². The molecule has 1 amide bonds. The van der Waals surface area contributed by atoms with Gasteiger partial charge in [-0.25, -0.2) is 9.37 Å². The van der Waals surface area contributed by atoms with Gasteiger partial charge in [0.15, 0.2) is 11.7 Å². The molecule has 2 N–H and O–H groups in total. The largest absolute Gasteiger partial charge is 0.455 e. The number of carbonyl (C=O) groups excluding carboxylic acids is 2. The molecule has 164 valence electrons. The van der Waals surface area contributed by atoms with Crippen molar-refractivity contribution in [1.82, 2.24) is 4.98 Å². The minimum atomic E-state index is -0.602. The average Bonchev–Trinajstić information content (AvgIpc) is 3.14. The van der Waals surface area contributed by atoms with Crippen LogP contribution in [0.2, 0.25) is 0 Å². The van der Waals surface area contributed by atoms with Crippen molar-refractivity contribution < 1.29 is 18.7 Å². The van der Waals surface area contributed by atoms with E-state index in [1.54, 1.807) is 0 Å². The maximum Gasteiger partial charge on any atom is 0.311 e. The monoisotopic (exact) mass is 452 g/mol. The lowest BCUT2D eigenvalue weighted by Gasteiger charge is -2.21. The summed E-state index contributed by atoms with van der Waals surface area (Å²) in [5.74, 6) is -1.56. The van der Waals surface area contributed by atoms with Crippen LogP contribution in [0.4, 0.5) is 15.2 Å². The molecule has 0 fully saturated rings. The van der Waals surface area contributed by atoms with Crippen LogP contribution in [0, 0.1) is 24.1 Å². The van der Waals surface area contributed by atoms with Gasteiger partial charge in [-0.2, -0.15) is 5.26 Å². The van der Waals surface area contributed by atoms with Gasteiger partial charge in [0.1, 0.15) is 5.82 Å². The first-order valence-electron chi connectivity index (χ1n) is 9.78. The lowest BCUT2D eigenvalue weighted by atomic mass is 10.1. The Morgan fingerprint density at radius 2 is 1.88 bits per heavy atom. The van der Waals surface area contributed by atoms with Crippen LogP contribution in [0.3, 0.4) is 0 Å². The van der Waals surface area contributed by atoms with E-state index in [0.717, 1.165) is 11.1 Å². The predicted molar refractivity (Wildman–Crippen MR) is 120 cm³/mol. The minimum Gasteiger partial charge on any atom is -0.455 e. The molecule has 2 aromatic carbocycles. The summed E-state index contributed by atoms with van der Waals surface area (Å²) < 4.78 is 18.4. The molecule has 32 heavy (non-hydrogen) atoms. The van der Waals surface area contributed by atoms with Gasteiger partial charge in [-0.05, 0) is 31.2 Å². The van der Waals surface area contributed by atoms with Crippen molar-refractivity contribution in [1.29, 1.82) is 5.26 Å². The van der Waals surface area contributed by atoms with Gasteiger partial charge in [0.05, 0.1) is 24.6 Å². The van der Waals surface area contributed by atoms with Crippen LogP contribution in [-0.4, -0.2) is 30.0 Å². The molecule has 3 rings (SSSR count). The Bertz CT molecular complexity index is 1140. The van der Waals surface area contributed by atoms with Crippen molar-refractivity contribution in [2.75, 3.05) is 23.8 Å². The van der Waals surface area contributed by atoms with Crippen molar-refractivity contribution >= 4 is 34.0 Å². The first kappa shape index (κ1) is 22.9. The number of hydrogen-bond donors (Lipinski definition) is 1. The quantitative estimate of drug-likeness (QED) is 0.520. The van der Waals surface area contributed by atoms with Crippen LogP contribution < -0.4 is 10.6 Å². The van der Waals surface area contributed by atoms with Crippen LogP contribution >= 0.6 is 11.3 Å². The van der Waals surface area contributed by atoms with E-state index >= 15 is 0 Å². The smallest absolute Gasteiger partial charge is 0.311 e. The van der Waals surface area contributed by atoms with E-state index < -0.39 is 24.3 Å². The Hall–Kier alpha value is -3.77. The number of ether oxygens (including phenoxy) is 1. The van der Waals surface area contributed by atoms with E-state index in [2.05, 4.69) is 4.98 Å². The highest BCUT2D eigenvalue weighted by molar-refractivity contribution is 7.15. The molecule has 0 saturated carbocycles. The number of anilines is 2. The standard InChI is InChI=1S/C23H21FN4O3S/c1-15-3-5-16(6-4-15)22-19(32-23(26)27-22)13-21(30)31-14-20(29)28(12-2-11-25)18-9-7-17(24)8-10-18/h3-10H,2,12-14H2,1H3,(H2,26,27). The van der Waals surface area contributed by atoms with Crippen molar-refractivity contribution in [2.45, 2.75) is 19.8 Å². The summed E-state index contributed by atoms with van der Waals surface area (Å²) in [6.45, 7) is 1.57. The summed E-state index contributed by atoms with van der Waals surface area (Å²) in [6, 6.07) is 14.9. The van der Waals surface area contributed by atoms with E-state index in [1.165, 1.54) is 40.5 Å². The Morgan fingerprint density at radius 1 is 1.19 bits per heavy atom. The summed E-state index contributed by atoms with van der Waals surface area (Å²) in [5.41, 5.74) is 8.80. The molecule has 0 atom stereocenters. The zero-order chi connectivity index (χ0) is 23.1. The number of halogens is 1. The summed E-state index contributed by atoms with van der Waals surface area (Å²) in [4.78, 5) is 31.3. The number of amides is 1.